The normalized spacial score (nSPS) is 12.5. The highest BCUT2D eigenvalue weighted by atomic mass is 32.1. The van der Waals surface area contributed by atoms with E-state index < -0.39 is 0 Å². The highest BCUT2D eigenvalue weighted by molar-refractivity contribution is 7.20. The van der Waals surface area contributed by atoms with E-state index in [0.29, 0.717) is 0 Å². The average Bonchev–Trinajstić information content (AvgIpc) is 3.78. The summed E-state index contributed by atoms with van der Waals surface area (Å²) in [5.74, 6) is 0. The maximum Gasteiger partial charge on any atom is 0.0542 e. The Morgan fingerprint density at radius 1 is 0.473 bits per heavy atom. The molecule has 0 spiro atoms. The third-order valence-corrected chi connectivity index (χ3v) is 12.2. The number of aromatic nitrogens is 1. The van der Waals surface area contributed by atoms with Crippen molar-refractivity contribution in [3.63, 3.8) is 0 Å². The van der Waals surface area contributed by atoms with E-state index in [0.717, 1.165) is 35.0 Å². The minimum absolute atomic E-state index is 0.817. The molecule has 11 rings (SSSR count). The topological polar surface area (TPSA) is 20.2 Å². The van der Waals surface area contributed by atoms with Crippen molar-refractivity contribution < 1.29 is 0 Å². The highest BCUT2D eigenvalue weighted by Gasteiger charge is 2.20. The van der Waals surface area contributed by atoms with Crippen LogP contribution in [0.5, 0.6) is 0 Å². The van der Waals surface area contributed by atoms with E-state index in [9.17, 15) is 0 Å². The second kappa shape index (κ2) is 12.9. The van der Waals surface area contributed by atoms with Gasteiger partial charge in [-0.2, -0.15) is 0 Å². The Morgan fingerprint density at radius 2 is 1.07 bits per heavy atom. The molecule has 10 aromatic rings. The third-order valence-electron chi connectivity index (χ3n) is 11.0. The van der Waals surface area contributed by atoms with Crippen molar-refractivity contribution in [2.24, 2.45) is 0 Å². The Hall–Kier alpha value is -6.88. The van der Waals surface area contributed by atoms with E-state index in [4.69, 9.17) is 0 Å². The van der Waals surface area contributed by atoms with Gasteiger partial charge >= 0.3 is 0 Å². The van der Waals surface area contributed by atoms with Crippen LogP contribution in [0.3, 0.4) is 0 Å². The maximum atomic E-state index is 3.76. The lowest BCUT2D eigenvalue weighted by Crippen LogP contribution is -2.16. The molecule has 0 saturated heterocycles. The number of hydrogen-bond donors (Lipinski definition) is 1. The summed E-state index contributed by atoms with van der Waals surface area (Å²) in [4.78, 5) is 3.72. The van der Waals surface area contributed by atoms with Crippen molar-refractivity contribution in [1.29, 1.82) is 0 Å². The van der Waals surface area contributed by atoms with Crippen LogP contribution in [0, 0.1) is 0 Å². The molecular weight excluding hydrogens is 687 g/mol. The number of anilines is 3. The monoisotopic (exact) mass is 721 g/mol. The van der Waals surface area contributed by atoms with Gasteiger partial charge in [-0.1, -0.05) is 115 Å². The van der Waals surface area contributed by atoms with Gasteiger partial charge in [-0.25, -0.2) is 0 Å². The molecule has 0 saturated carbocycles. The molecule has 0 atom stereocenters. The number of rotatable bonds is 6. The van der Waals surface area contributed by atoms with Crippen LogP contribution in [0.4, 0.5) is 17.1 Å². The number of nitrogens with one attached hydrogen (secondary N) is 1. The van der Waals surface area contributed by atoms with Crippen LogP contribution >= 0.6 is 11.3 Å². The van der Waals surface area contributed by atoms with Crippen LogP contribution in [0.25, 0.3) is 71.3 Å². The zero-order chi connectivity index (χ0) is 36.3. The summed E-state index contributed by atoms with van der Waals surface area (Å²) in [7, 11) is 0. The van der Waals surface area contributed by atoms with Gasteiger partial charge in [-0.15, -0.1) is 11.3 Å². The first kappa shape index (κ1) is 31.6. The largest absolute Gasteiger partial charge is 0.380 e. The first-order chi connectivity index (χ1) is 27.2. The number of para-hydroxylation sites is 2. The molecule has 8 aromatic carbocycles. The fourth-order valence-corrected chi connectivity index (χ4v) is 9.53. The lowest BCUT2D eigenvalue weighted by atomic mass is 10.0. The number of thiophene rings is 1. The quantitative estimate of drug-likeness (QED) is 0.184. The zero-order valence-electron chi connectivity index (χ0n) is 30.0. The molecule has 1 aliphatic rings. The van der Waals surface area contributed by atoms with E-state index >= 15 is 0 Å². The molecule has 0 unspecified atom stereocenters. The fourth-order valence-electron chi connectivity index (χ4n) is 8.33. The van der Waals surface area contributed by atoms with E-state index in [-0.39, 0.29) is 0 Å². The van der Waals surface area contributed by atoms with Gasteiger partial charge in [0.1, 0.15) is 0 Å². The van der Waals surface area contributed by atoms with E-state index in [1.807, 2.05) is 11.3 Å². The molecule has 3 heterocycles. The average molecular weight is 722 g/mol. The molecule has 55 heavy (non-hydrogen) atoms. The summed E-state index contributed by atoms with van der Waals surface area (Å²) in [6.45, 7) is 0.817. The van der Waals surface area contributed by atoms with Crippen molar-refractivity contribution in [3.05, 3.63) is 204 Å². The minimum Gasteiger partial charge on any atom is -0.380 e. The summed E-state index contributed by atoms with van der Waals surface area (Å²) in [5, 5.41) is 10.2. The number of benzene rings is 8. The SMILES string of the molecule is C1=C(c2ccc(N(c3ccc(-c4ccccc4)cc3)c3ccc4c(c3)c3ccccc3n4-c3ccccc3)cc2)NCc2c1sc1cc3ccccc3cc21. The van der Waals surface area contributed by atoms with Crippen LogP contribution in [0.2, 0.25) is 0 Å². The van der Waals surface area contributed by atoms with Gasteiger partial charge < -0.3 is 14.8 Å². The molecular formula is C51H35N3S. The molecule has 1 N–H and O–H groups in total. The lowest BCUT2D eigenvalue weighted by Gasteiger charge is -2.26. The molecule has 4 heteroatoms. The van der Waals surface area contributed by atoms with Gasteiger partial charge in [-0.05, 0) is 117 Å². The predicted molar refractivity (Wildman–Crippen MR) is 235 cm³/mol. The van der Waals surface area contributed by atoms with Gasteiger partial charge in [0.25, 0.3) is 0 Å². The first-order valence-corrected chi connectivity index (χ1v) is 19.6. The van der Waals surface area contributed by atoms with Gasteiger partial charge in [0.05, 0.1) is 11.0 Å². The Labute approximate surface area is 323 Å². The maximum absolute atomic E-state index is 3.76. The zero-order valence-corrected chi connectivity index (χ0v) is 30.8. The summed E-state index contributed by atoms with van der Waals surface area (Å²) in [5.41, 5.74) is 13.0. The summed E-state index contributed by atoms with van der Waals surface area (Å²) < 4.78 is 3.72. The van der Waals surface area contributed by atoms with Crippen LogP contribution < -0.4 is 10.2 Å². The van der Waals surface area contributed by atoms with E-state index in [2.05, 4.69) is 209 Å². The number of fused-ring (bicyclic) bond motifs is 7. The molecule has 2 aromatic heterocycles. The second-order valence-electron chi connectivity index (χ2n) is 14.2. The van der Waals surface area contributed by atoms with E-state index in [1.165, 1.54) is 69.8 Å². The standard InChI is InChI=1S/C51H35N3S/c1-3-11-34(12-4-1)35-19-23-40(24-20-35)53(42-27-28-49-44(31-42)43-17-9-10-18-48(43)54(49)39-15-5-2-6-16-39)41-25-21-36(22-26-41)47-32-51-46(33-52-47)45-29-37-13-7-8-14-38(37)30-50(45)55-51/h1-32,52H,33H2. The first-order valence-electron chi connectivity index (χ1n) is 18.8. The number of nitrogens with zero attached hydrogens (tertiary/aromatic N) is 2. The molecule has 3 nitrogen and oxygen atoms in total. The van der Waals surface area contributed by atoms with Crippen LogP contribution in [0.15, 0.2) is 188 Å². The van der Waals surface area contributed by atoms with Gasteiger partial charge in [0.2, 0.25) is 0 Å². The molecule has 1 aliphatic heterocycles. The van der Waals surface area contributed by atoms with Crippen molar-refractivity contribution in [3.8, 4) is 16.8 Å². The third kappa shape index (κ3) is 5.41. The summed E-state index contributed by atoms with van der Waals surface area (Å²) in [6.07, 6.45) is 2.33. The Morgan fingerprint density at radius 3 is 1.84 bits per heavy atom. The molecule has 0 radical (unpaired) electrons. The van der Waals surface area contributed by atoms with Crippen molar-refractivity contribution in [2.45, 2.75) is 6.54 Å². The van der Waals surface area contributed by atoms with Crippen molar-refractivity contribution in [1.82, 2.24) is 9.88 Å². The molecule has 0 bridgehead atoms. The molecule has 0 fully saturated rings. The van der Waals surface area contributed by atoms with Gasteiger partial charge in [0, 0.05) is 55.3 Å². The number of hydrogen-bond acceptors (Lipinski definition) is 3. The summed E-state index contributed by atoms with van der Waals surface area (Å²) >= 11 is 1.89. The van der Waals surface area contributed by atoms with Crippen LogP contribution in [-0.2, 0) is 6.54 Å². The highest BCUT2D eigenvalue weighted by Crippen LogP contribution is 2.42. The van der Waals surface area contributed by atoms with Gasteiger partial charge in [-0.3, -0.25) is 0 Å². The smallest absolute Gasteiger partial charge is 0.0542 e. The van der Waals surface area contributed by atoms with Crippen LogP contribution in [-0.4, -0.2) is 4.57 Å². The molecule has 260 valence electrons. The predicted octanol–water partition coefficient (Wildman–Crippen LogP) is 13.9. The summed E-state index contributed by atoms with van der Waals surface area (Å²) in [6, 6.07) is 68.2. The van der Waals surface area contributed by atoms with Crippen molar-refractivity contribution >= 4 is 82.8 Å². The van der Waals surface area contributed by atoms with Crippen LogP contribution in [0.1, 0.15) is 16.0 Å². The lowest BCUT2D eigenvalue weighted by molar-refractivity contribution is 0.892. The Bertz CT molecular complexity index is 3060. The van der Waals surface area contributed by atoms with E-state index in [1.54, 1.807) is 0 Å². The molecule has 0 aliphatic carbocycles. The van der Waals surface area contributed by atoms with Crippen molar-refractivity contribution in [2.75, 3.05) is 4.90 Å². The molecule has 0 amide bonds. The Kier molecular flexibility index (Phi) is 7.42. The fraction of sp³-hybridized carbons (Fsp3) is 0.0196. The Balaban J connectivity index is 1.01. The second-order valence-corrected chi connectivity index (χ2v) is 15.3. The van der Waals surface area contributed by atoms with Gasteiger partial charge in [0.15, 0.2) is 0 Å². The minimum atomic E-state index is 0.817.